The first-order chi connectivity index (χ1) is 16.4. The molecule has 1 heterocycles. The Morgan fingerprint density at radius 1 is 0.794 bits per heavy atom. The number of benzene rings is 4. The summed E-state index contributed by atoms with van der Waals surface area (Å²) >= 11 is 0. The summed E-state index contributed by atoms with van der Waals surface area (Å²) < 4.78 is 48.8. The molecule has 0 spiro atoms. The molecule has 4 aromatic rings. The van der Waals surface area contributed by atoms with Crippen LogP contribution in [0.4, 0.5) is 4.39 Å². The van der Waals surface area contributed by atoms with Gasteiger partial charge in [-0.05, 0) is 59.2 Å². The number of carbonyl (C=O) groups excluding carboxylic acids is 1. The second kappa shape index (κ2) is 8.61. The third-order valence-electron chi connectivity index (χ3n) is 5.27. The third-order valence-corrected chi connectivity index (χ3v) is 6.53. The second-order valence-electron chi connectivity index (χ2n) is 7.58. The molecular weight excluding hydrogens is 455 g/mol. The Labute approximate surface area is 195 Å². The average Bonchev–Trinajstić information content (AvgIpc) is 3.14. The summed E-state index contributed by atoms with van der Waals surface area (Å²) in [6.45, 7) is 0. The van der Waals surface area contributed by atoms with Crippen LogP contribution < -0.4 is 8.92 Å². The molecule has 0 unspecified atom stereocenters. The van der Waals surface area contributed by atoms with Gasteiger partial charge in [-0.2, -0.15) is 8.42 Å². The molecule has 168 valence electrons. The lowest BCUT2D eigenvalue weighted by atomic mass is 10.0. The molecule has 4 aromatic carbocycles. The molecule has 5 rings (SSSR count). The Balaban J connectivity index is 1.35. The number of hydrogen-bond acceptors (Lipinski definition) is 5. The third kappa shape index (κ3) is 4.33. The van der Waals surface area contributed by atoms with Crippen molar-refractivity contribution in [3.63, 3.8) is 0 Å². The van der Waals surface area contributed by atoms with E-state index in [1.54, 1.807) is 6.08 Å². The van der Waals surface area contributed by atoms with Crippen molar-refractivity contribution in [1.29, 1.82) is 0 Å². The van der Waals surface area contributed by atoms with E-state index in [1.165, 1.54) is 18.2 Å². The van der Waals surface area contributed by atoms with Crippen LogP contribution in [0, 0.1) is 5.82 Å². The maximum Gasteiger partial charge on any atom is 0.339 e. The van der Waals surface area contributed by atoms with Crippen LogP contribution in [-0.2, 0) is 10.1 Å². The number of carbonyl (C=O) groups is 1. The maximum atomic E-state index is 13.1. The number of allylic oxidation sites excluding steroid dienone is 1. The van der Waals surface area contributed by atoms with Gasteiger partial charge in [0.1, 0.15) is 22.2 Å². The number of fused-ring (bicyclic) bond motifs is 1. The number of hydrogen-bond donors (Lipinski definition) is 0. The lowest BCUT2D eigenvalue weighted by Gasteiger charge is -2.08. The number of ether oxygens (including phenoxy) is 1. The minimum atomic E-state index is -4.17. The van der Waals surface area contributed by atoms with Crippen LogP contribution in [-0.4, -0.2) is 14.2 Å². The summed E-state index contributed by atoms with van der Waals surface area (Å²) in [6, 6.07) is 26.1. The summed E-state index contributed by atoms with van der Waals surface area (Å²) in [7, 11) is -4.17. The maximum absolute atomic E-state index is 13.1. The van der Waals surface area contributed by atoms with Gasteiger partial charge >= 0.3 is 10.1 Å². The second-order valence-corrected chi connectivity index (χ2v) is 9.12. The van der Waals surface area contributed by atoms with Crippen molar-refractivity contribution in [2.75, 3.05) is 0 Å². The monoisotopic (exact) mass is 472 g/mol. The summed E-state index contributed by atoms with van der Waals surface area (Å²) in [5.41, 5.74) is 3.23. The van der Waals surface area contributed by atoms with Crippen LogP contribution in [0.1, 0.15) is 15.9 Å². The Hall–Kier alpha value is -4.23. The first kappa shape index (κ1) is 21.6. The molecule has 5 nitrogen and oxygen atoms in total. The smallest absolute Gasteiger partial charge is 0.339 e. The fraction of sp³-hybridized carbons (Fsp3) is 0. The molecule has 0 N–H and O–H groups in total. The Kier molecular flexibility index (Phi) is 5.47. The predicted octanol–water partition coefficient (Wildman–Crippen LogP) is 5.88. The van der Waals surface area contributed by atoms with Gasteiger partial charge in [0.05, 0.1) is 5.56 Å². The standard InChI is InChI=1S/C27H17FO5S/c28-21-10-13-23(14-11-21)34(30,31)33-22-12-15-24-25(17-22)32-26(27(24)29)16-18-6-8-20(9-7-18)19-4-2-1-3-5-19/h1-17H. The zero-order valence-electron chi connectivity index (χ0n) is 17.6. The summed E-state index contributed by atoms with van der Waals surface area (Å²) in [5.74, 6) is -0.568. The lowest BCUT2D eigenvalue weighted by Crippen LogP contribution is -2.09. The minimum absolute atomic E-state index is 0.0238. The Bertz CT molecular complexity index is 1510. The van der Waals surface area contributed by atoms with Crippen LogP contribution in [0.3, 0.4) is 0 Å². The van der Waals surface area contributed by atoms with Gasteiger partial charge < -0.3 is 8.92 Å². The zero-order valence-corrected chi connectivity index (χ0v) is 18.5. The van der Waals surface area contributed by atoms with E-state index in [2.05, 4.69) is 0 Å². The molecule has 0 amide bonds. The van der Waals surface area contributed by atoms with E-state index in [9.17, 15) is 17.6 Å². The van der Waals surface area contributed by atoms with E-state index in [4.69, 9.17) is 8.92 Å². The molecule has 1 aliphatic rings. The van der Waals surface area contributed by atoms with Gasteiger partial charge in [-0.15, -0.1) is 0 Å². The fourth-order valence-electron chi connectivity index (χ4n) is 3.55. The van der Waals surface area contributed by atoms with Crippen LogP contribution in [0.15, 0.2) is 108 Å². The largest absolute Gasteiger partial charge is 0.452 e. The molecule has 0 atom stereocenters. The molecule has 34 heavy (non-hydrogen) atoms. The van der Waals surface area contributed by atoms with Crippen molar-refractivity contribution in [2.24, 2.45) is 0 Å². The predicted molar refractivity (Wildman–Crippen MR) is 125 cm³/mol. The van der Waals surface area contributed by atoms with E-state index in [-0.39, 0.29) is 27.9 Å². The summed E-state index contributed by atoms with van der Waals surface area (Å²) in [4.78, 5) is 12.6. The van der Waals surface area contributed by atoms with E-state index in [0.29, 0.717) is 5.56 Å². The van der Waals surface area contributed by atoms with E-state index >= 15 is 0 Å². The molecule has 1 aliphatic heterocycles. The van der Waals surface area contributed by atoms with Crippen molar-refractivity contribution < 1.29 is 26.5 Å². The molecule has 0 radical (unpaired) electrons. The molecular formula is C27H17FO5S. The van der Waals surface area contributed by atoms with E-state index in [1.807, 2.05) is 54.6 Å². The highest BCUT2D eigenvalue weighted by molar-refractivity contribution is 7.87. The molecule has 0 aliphatic carbocycles. The van der Waals surface area contributed by atoms with Gasteiger partial charge in [-0.3, -0.25) is 4.79 Å². The van der Waals surface area contributed by atoms with E-state index in [0.717, 1.165) is 41.0 Å². The highest BCUT2D eigenvalue weighted by atomic mass is 32.2. The summed E-state index contributed by atoms with van der Waals surface area (Å²) in [5, 5.41) is 0. The summed E-state index contributed by atoms with van der Waals surface area (Å²) in [6.07, 6.45) is 1.63. The van der Waals surface area contributed by atoms with Crippen LogP contribution in [0.25, 0.3) is 17.2 Å². The Morgan fingerprint density at radius 3 is 2.18 bits per heavy atom. The van der Waals surface area contributed by atoms with Crippen molar-refractivity contribution in [3.05, 3.63) is 120 Å². The van der Waals surface area contributed by atoms with Gasteiger partial charge in [0.15, 0.2) is 5.76 Å². The first-order valence-corrected chi connectivity index (χ1v) is 11.7. The zero-order chi connectivity index (χ0) is 23.7. The number of halogens is 1. The normalized spacial score (nSPS) is 14.0. The van der Waals surface area contributed by atoms with Crippen LogP contribution in [0.2, 0.25) is 0 Å². The molecule has 7 heteroatoms. The van der Waals surface area contributed by atoms with Crippen molar-refractivity contribution >= 4 is 22.0 Å². The van der Waals surface area contributed by atoms with Crippen molar-refractivity contribution in [3.8, 4) is 22.6 Å². The van der Waals surface area contributed by atoms with Gasteiger partial charge in [0.25, 0.3) is 0 Å². The van der Waals surface area contributed by atoms with Crippen molar-refractivity contribution in [2.45, 2.75) is 4.90 Å². The van der Waals surface area contributed by atoms with E-state index < -0.39 is 15.9 Å². The van der Waals surface area contributed by atoms with Gasteiger partial charge in [-0.1, -0.05) is 54.6 Å². The van der Waals surface area contributed by atoms with Gasteiger partial charge in [-0.25, -0.2) is 4.39 Å². The number of ketones is 1. The lowest BCUT2D eigenvalue weighted by molar-refractivity contribution is 0.101. The van der Waals surface area contributed by atoms with Gasteiger partial charge in [0.2, 0.25) is 5.78 Å². The molecule has 0 aromatic heterocycles. The highest BCUT2D eigenvalue weighted by Crippen LogP contribution is 2.36. The molecule has 0 saturated carbocycles. The van der Waals surface area contributed by atoms with Gasteiger partial charge in [0, 0.05) is 6.07 Å². The van der Waals surface area contributed by atoms with Crippen molar-refractivity contribution in [1.82, 2.24) is 0 Å². The van der Waals surface area contributed by atoms with Crippen LogP contribution >= 0.6 is 0 Å². The number of rotatable bonds is 5. The van der Waals surface area contributed by atoms with Crippen LogP contribution in [0.5, 0.6) is 11.5 Å². The topological polar surface area (TPSA) is 69.7 Å². The quantitative estimate of drug-likeness (QED) is 0.268. The Morgan fingerprint density at radius 2 is 1.47 bits per heavy atom. The highest BCUT2D eigenvalue weighted by Gasteiger charge is 2.28. The number of Topliss-reactive ketones (excluding diaryl/α,β-unsaturated/α-hetero) is 1. The average molecular weight is 472 g/mol. The first-order valence-electron chi connectivity index (χ1n) is 10.3. The fourth-order valence-corrected chi connectivity index (χ4v) is 4.47. The molecule has 0 fully saturated rings. The minimum Gasteiger partial charge on any atom is -0.452 e. The molecule has 0 saturated heterocycles. The SMILES string of the molecule is O=C1C(=Cc2ccc(-c3ccccc3)cc2)Oc2cc(OS(=O)(=O)c3ccc(F)cc3)ccc21. The molecule has 0 bridgehead atoms.